The van der Waals surface area contributed by atoms with E-state index in [1.54, 1.807) is 36.8 Å². The van der Waals surface area contributed by atoms with Crippen LogP contribution in [0.1, 0.15) is 11.4 Å². The van der Waals surface area contributed by atoms with Crippen LogP contribution in [0.4, 0.5) is 5.69 Å². The third kappa shape index (κ3) is 4.98. The van der Waals surface area contributed by atoms with Crippen molar-refractivity contribution in [3.05, 3.63) is 47.6 Å². The molecule has 0 atom stereocenters. The van der Waals surface area contributed by atoms with E-state index in [1.165, 1.54) is 0 Å². The molecule has 7 heteroatoms. The molecule has 25 heavy (non-hydrogen) atoms. The highest BCUT2D eigenvalue weighted by Gasteiger charge is 2.08. The Bertz CT molecular complexity index is 800. The van der Waals surface area contributed by atoms with Crippen LogP contribution in [0.2, 0.25) is 0 Å². The summed E-state index contributed by atoms with van der Waals surface area (Å²) in [7, 11) is 1.61. The van der Waals surface area contributed by atoms with Crippen LogP contribution in [0.15, 0.2) is 42.6 Å². The van der Waals surface area contributed by atoms with Gasteiger partial charge in [-0.15, -0.1) is 11.3 Å². The number of aryl methyl sites for hydroxylation is 1. The zero-order valence-corrected chi connectivity index (χ0v) is 14.7. The van der Waals surface area contributed by atoms with Gasteiger partial charge in [-0.05, 0) is 18.2 Å². The molecule has 3 aromatic rings. The lowest BCUT2D eigenvalue weighted by atomic mass is 10.3. The SMILES string of the molecule is COCCOc1ccc(NC(=O)CCc2nc3ccccc3s2)cn1. The predicted octanol–water partition coefficient (Wildman–Crippen LogP) is 3.29. The summed E-state index contributed by atoms with van der Waals surface area (Å²) in [5.41, 5.74) is 1.63. The highest BCUT2D eigenvalue weighted by molar-refractivity contribution is 7.18. The Morgan fingerprint density at radius 2 is 2.08 bits per heavy atom. The van der Waals surface area contributed by atoms with E-state index in [4.69, 9.17) is 9.47 Å². The molecule has 0 spiro atoms. The largest absolute Gasteiger partial charge is 0.475 e. The topological polar surface area (TPSA) is 73.3 Å². The number of amides is 1. The highest BCUT2D eigenvalue weighted by atomic mass is 32.1. The van der Waals surface area contributed by atoms with Gasteiger partial charge >= 0.3 is 0 Å². The number of ether oxygens (including phenoxy) is 2. The molecule has 0 radical (unpaired) electrons. The number of thiazole rings is 1. The van der Waals surface area contributed by atoms with Gasteiger partial charge in [0.1, 0.15) is 6.61 Å². The lowest BCUT2D eigenvalue weighted by molar-refractivity contribution is -0.116. The van der Waals surface area contributed by atoms with Crippen molar-refractivity contribution >= 4 is 33.1 Å². The average Bonchev–Trinajstić information content (AvgIpc) is 3.05. The number of anilines is 1. The quantitative estimate of drug-likeness (QED) is 0.626. The number of benzene rings is 1. The molecule has 2 aromatic heterocycles. The number of methoxy groups -OCH3 is 1. The fraction of sp³-hybridized carbons (Fsp3) is 0.278. The zero-order chi connectivity index (χ0) is 17.5. The highest BCUT2D eigenvalue weighted by Crippen LogP contribution is 2.22. The summed E-state index contributed by atoms with van der Waals surface area (Å²) in [4.78, 5) is 20.8. The van der Waals surface area contributed by atoms with Crippen molar-refractivity contribution in [2.75, 3.05) is 25.6 Å². The fourth-order valence-corrected chi connectivity index (χ4v) is 3.21. The molecule has 0 aliphatic carbocycles. The van der Waals surface area contributed by atoms with Gasteiger partial charge in [0.25, 0.3) is 0 Å². The first-order valence-electron chi connectivity index (χ1n) is 7.96. The van der Waals surface area contributed by atoms with Gasteiger partial charge in [0.15, 0.2) is 0 Å². The Balaban J connectivity index is 1.48. The van der Waals surface area contributed by atoms with Crippen molar-refractivity contribution in [2.24, 2.45) is 0 Å². The lowest BCUT2D eigenvalue weighted by Crippen LogP contribution is -2.12. The molecule has 0 aliphatic rings. The smallest absolute Gasteiger partial charge is 0.224 e. The third-order valence-electron chi connectivity index (χ3n) is 3.46. The number of nitrogens with zero attached hydrogens (tertiary/aromatic N) is 2. The van der Waals surface area contributed by atoms with Crippen LogP contribution in [0.3, 0.4) is 0 Å². The summed E-state index contributed by atoms with van der Waals surface area (Å²) in [5, 5.41) is 3.80. The number of hydrogen-bond acceptors (Lipinski definition) is 6. The second-order valence-electron chi connectivity index (χ2n) is 5.35. The van der Waals surface area contributed by atoms with Gasteiger partial charge in [0.2, 0.25) is 11.8 Å². The van der Waals surface area contributed by atoms with Crippen molar-refractivity contribution < 1.29 is 14.3 Å². The van der Waals surface area contributed by atoms with Gasteiger partial charge in [-0.1, -0.05) is 12.1 Å². The molecule has 0 unspecified atom stereocenters. The first-order valence-corrected chi connectivity index (χ1v) is 8.78. The minimum absolute atomic E-state index is 0.0610. The molecular weight excluding hydrogens is 338 g/mol. The maximum atomic E-state index is 12.1. The molecule has 0 saturated heterocycles. The van der Waals surface area contributed by atoms with Crippen LogP contribution in [0.25, 0.3) is 10.2 Å². The summed E-state index contributed by atoms with van der Waals surface area (Å²) in [6, 6.07) is 11.5. The van der Waals surface area contributed by atoms with E-state index in [0.29, 0.717) is 37.6 Å². The van der Waals surface area contributed by atoms with Gasteiger partial charge in [0.05, 0.1) is 33.7 Å². The van der Waals surface area contributed by atoms with Crippen LogP contribution in [-0.4, -0.2) is 36.2 Å². The van der Waals surface area contributed by atoms with Crippen molar-refractivity contribution in [3.8, 4) is 5.88 Å². The Morgan fingerprint density at radius 1 is 1.20 bits per heavy atom. The van der Waals surface area contributed by atoms with Crippen LogP contribution in [0.5, 0.6) is 5.88 Å². The minimum atomic E-state index is -0.0610. The number of hydrogen-bond donors (Lipinski definition) is 1. The van der Waals surface area contributed by atoms with E-state index in [9.17, 15) is 4.79 Å². The van der Waals surface area contributed by atoms with E-state index in [-0.39, 0.29) is 5.91 Å². The molecule has 3 rings (SSSR count). The van der Waals surface area contributed by atoms with E-state index >= 15 is 0 Å². The normalized spacial score (nSPS) is 10.8. The van der Waals surface area contributed by atoms with E-state index < -0.39 is 0 Å². The number of pyridine rings is 1. The van der Waals surface area contributed by atoms with Crippen LogP contribution >= 0.6 is 11.3 Å². The fourth-order valence-electron chi connectivity index (χ4n) is 2.24. The first kappa shape index (κ1) is 17.3. The maximum absolute atomic E-state index is 12.1. The number of para-hydroxylation sites is 1. The Morgan fingerprint density at radius 3 is 2.84 bits per heavy atom. The predicted molar refractivity (Wildman–Crippen MR) is 98.2 cm³/mol. The Labute approximate surface area is 149 Å². The second kappa shape index (κ2) is 8.55. The number of carbonyl (C=O) groups excluding carboxylic acids is 1. The van der Waals surface area contributed by atoms with Crippen LogP contribution < -0.4 is 10.1 Å². The van der Waals surface area contributed by atoms with Crippen LogP contribution in [-0.2, 0) is 16.0 Å². The van der Waals surface area contributed by atoms with E-state index in [2.05, 4.69) is 15.3 Å². The molecule has 0 aliphatic heterocycles. The average molecular weight is 357 g/mol. The molecule has 0 fully saturated rings. The summed E-state index contributed by atoms with van der Waals surface area (Å²) in [6.07, 6.45) is 2.58. The third-order valence-corrected chi connectivity index (χ3v) is 4.56. The monoisotopic (exact) mass is 357 g/mol. The minimum Gasteiger partial charge on any atom is -0.475 e. The Hall–Kier alpha value is -2.51. The zero-order valence-electron chi connectivity index (χ0n) is 13.9. The van der Waals surface area contributed by atoms with Gasteiger partial charge < -0.3 is 14.8 Å². The molecule has 2 heterocycles. The molecule has 1 amide bonds. The molecule has 0 bridgehead atoms. The van der Waals surface area contributed by atoms with Gasteiger partial charge in [0, 0.05) is 26.0 Å². The maximum Gasteiger partial charge on any atom is 0.224 e. The summed E-state index contributed by atoms with van der Waals surface area (Å²) in [6.45, 7) is 0.948. The van der Waals surface area contributed by atoms with Crippen molar-refractivity contribution in [2.45, 2.75) is 12.8 Å². The summed E-state index contributed by atoms with van der Waals surface area (Å²) < 4.78 is 11.4. The number of fused-ring (bicyclic) bond motifs is 1. The number of rotatable bonds is 8. The first-order chi connectivity index (χ1) is 12.2. The molecular formula is C18H19N3O3S. The van der Waals surface area contributed by atoms with Crippen molar-refractivity contribution in [3.63, 3.8) is 0 Å². The van der Waals surface area contributed by atoms with Gasteiger partial charge in [-0.3, -0.25) is 4.79 Å². The lowest BCUT2D eigenvalue weighted by Gasteiger charge is -2.07. The van der Waals surface area contributed by atoms with Crippen LogP contribution in [0, 0.1) is 0 Å². The van der Waals surface area contributed by atoms with E-state index in [0.717, 1.165) is 15.2 Å². The standard InChI is InChI=1S/C18H19N3O3S/c1-23-10-11-24-17-8-6-13(12-19-17)20-16(22)7-9-18-21-14-4-2-3-5-15(14)25-18/h2-6,8,12H,7,9-11H2,1H3,(H,20,22). The molecule has 1 aromatic carbocycles. The van der Waals surface area contributed by atoms with Gasteiger partial charge in [-0.25, -0.2) is 9.97 Å². The summed E-state index contributed by atoms with van der Waals surface area (Å²) in [5.74, 6) is 0.443. The van der Waals surface area contributed by atoms with Gasteiger partial charge in [-0.2, -0.15) is 0 Å². The molecule has 130 valence electrons. The molecule has 6 nitrogen and oxygen atoms in total. The number of aromatic nitrogens is 2. The second-order valence-corrected chi connectivity index (χ2v) is 6.47. The molecule has 1 N–H and O–H groups in total. The Kier molecular flexibility index (Phi) is 5.92. The van der Waals surface area contributed by atoms with Crippen molar-refractivity contribution in [1.82, 2.24) is 9.97 Å². The summed E-state index contributed by atoms with van der Waals surface area (Å²) >= 11 is 1.63. The van der Waals surface area contributed by atoms with E-state index in [1.807, 2.05) is 24.3 Å². The number of carbonyl (C=O) groups is 1. The molecule has 0 saturated carbocycles. The van der Waals surface area contributed by atoms with Crippen molar-refractivity contribution in [1.29, 1.82) is 0 Å². The number of nitrogens with one attached hydrogen (secondary N) is 1.